The first-order valence-electron chi connectivity index (χ1n) is 20.5. The molecule has 2 aromatic rings. The molecule has 27 nitrogen and oxygen atoms in total. The van der Waals surface area contributed by atoms with Gasteiger partial charge in [-0.1, -0.05) is 7.43 Å². The van der Waals surface area contributed by atoms with Crippen LogP contribution in [0.3, 0.4) is 0 Å². The van der Waals surface area contributed by atoms with Gasteiger partial charge >= 0.3 is 10.4 Å². The highest BCUT2D eigenvalue weighted by Gasteiger charge is 2.52. The molecule has 2 saturated heterocycles. The summed E-state index contributed by atoms with van der Waals surface area (Å²) < 4.78 is 71.0. The molecule has 4 heterocycles. The first-order chi connectivity index (χ1) is 29.8. The van der Waals surface area contributed by atoms with Crippen molar-refractivity contribution in [1.29, 1.82) is 0 Å². The third-order valence-corrected chi connectivity index (χ3v) is 11.2. The Bertz CT molecular complexity index is 1900. The van der Waals surface area contributed by atoms with E-state index in [1.807, 2.05) is 96.9 Å². The van der Waals surface area contributed by atoms with Gasteiger partial charge in [0, 0.05) is 58.2 Å². The fourth-order valence-electron chi connectivity index (χ4n) is 6.87. The van der Waals surface area contributed by atoms with E-state index in [-0.39, 0.29) is 72.9 Å². The lowest BCUT2D eigenvalue weighted by molar-refractivity contribution is -0.768. The van der Waals surface area contributed by atoms with Crippen molar-refractivity contribution in [3.8, 4) is 23.5 Å². The molecule has 0 aromatic carbocycles. The quantitative estimate of drug-likeness (QED) is 0.0579. The monoisotopic (exact) mass is 1030 g/mol. The molecule has 2 fully saturated rings. The van der Waals surface area contributed by atoms with Gasteiger partial charge < -0.3 is 55.1 Å². The highest BCUT2D eigenvalue weighted by Crippen LogP contribution is 2.45. The number of hydroxylamine groups is 4. The van der Waals surface area contributed by atoms with Gasteiger partial charge in [0.25, 0.3) is 33.7 Å². The largest absolute Gasteiger partial charge is 0.473 e. The number of nitrogens with one attached hydrogen (secondary N) is 2. The Labute approximate surface area is 400 Å². The maximum Gasteiger partial charge on any atom is 0.394 e. The fraction of sp³-hybridized carbons (Fsp3) is 0.892. The molecule has 30 heteroatoms. The summed E-state index contributed by atoms with van der Waals surface area (Å²) in [5.74, 6) is 1.23. The van der Waals surface area contributed by atoms with E-state index in [0.29, 0.717) is 31.5 Å². The van der Waals surface area contributed by atoms with Gasteiger partial charge in [0.15, 0.2) is 6.10 Å². The number of hydrogen-bond donors (Lipinski definition) is 8. The highest BCUT2D eigenvalue weighted by molar-refractivity contribution is 7.79. The summed E-state index contributed by atoms with van der Waals surface area (Å²) in [6.07, 6.45) is 0.0886. The molecule has 392 valence electrons. The van der Waals surface area contributed by atoms with Crippen molar-refractivity contribution in [2.75, 3.05) is 39.5 Å². The van der Waals surface area contributed by atoms with E-state index in [0.717, 1.165) is 36.3 Å². The van der Waals surface area contributed by atoms with Crippen molar-refractivity contribution >= 4 is 33.9 Å². The molecule has 0 saturated carbocycles. The first kappa shape index (κ1) is 63.3. The number of aromatic nitrogens is 4. The number of nitrogens with zero attached hydrogens (tertiary/aromatic N) is 8. The average molecular weight is 1030 g/mol. The molecule has 2 aliphatic rings. The van der Waals surface area contributed by atoms with Gasteiger partial charge in [0.1, 0.15) is 19.3 Å². The zero-order valence-corrected chi connectivity index (χ0v) is 42.4. The van der Waals surface area contributed by atoms with E-state index in [4.69, 9.17) is 56.6 Å². The topological polar surface area (TPSA) is 370 Å². The second kappa shape index (κ2) is 25.8. The van der Waals surface area contributed by atoms with Crippen LogP contribution in [0, 0.1) is 32.1 Å². The van der Waals surface area contributed by atoms with Crippen LogP contribution >= 0.6 is 23.5 Å². The highest BCUT2D eigenvalue weighted by atomic mass is 32.3. The van der Waals surface area contributed by atoms with Crippen molar-refractivity contribution in [2.24, 2.45) is 11.8 Å². The number of β-amino-alcohol motifs (C(OH)–C–C–N with tert-alkyl or cyclic N) is 1. The number of aliphatic hydroxyl groups excluding tert-OH is 1. The molecule has 4 atom stereocenters. The van der Waals surface area contributed by atoms with Crippen LogP contribution in [0.4, 0.5) is 0 Å². The third kappa shape index (κ3) is 23.4. The lowest BCUT2D eigenvalue weighted by Crippen LogP contribution is -2.48. The minimum Gasteiger partial charge on any atom is -0.473 e. The molecule has 67 heavy (non-hydrogen) atoms. The molecule has 0 aliphatic carbocycles. The average Bonchev–Trinajstić information content (AvgIpc) is 3.86. The molecular weight excluding hydrogens is 953 g/mol. The third-order valence-electron chi connectivity index (χ3n) is 10.2. The number of aliphatic hydroxyl groups is 1. The minimum atomic E-state index is -4.67. The standard InChI is InChI=1S/C18H33N5O6S.C18H34N4O4S.CH4.HNO3.H2O4S/c1-16(2,3)19-9-13(29-23(25)26)11-28-15-14(20-30-21-15)27-10-12-8-17(4,5)22(24)18(12,6)7;1-16(2,3)19-9-13(23)11-26-15-14(20-27-21-15)25-10-12-8-17(4,5)22(24)18(12,6)7;;2-1(3)4;1-5(2,3)4/h12-13,19,24H,8-11H2,1-7H3;12-13,19,23-24H,8-11H2,1-7H3;1H4;(H,2,3,4);(H2,1,2,3,4)/t2*12?,13-;;;/m00.../s1. The second-order valence-corrected chi connectivity index (χ2v) is 21.9. The second-order valence-electron chi connectivity index (χ2n) is 19.9. The van der Waals surface area contributed by atoms with Gasteiger partial charge in [0.05, 0.1) is 36.7 Å². The van der Waals surface area contributed by atoms with Crippen LogP contribution in [0.5, 0.6) is 23.5 Å². The zero-order valence-electron chi connectivity index (χ0n) is 39.9. The van der Waals surface area contributed by atoms with Crippen LogP contribution in [0.15, 0.2) is 0 Å². The predicted molar refractivity (Wildman–Crippen MR) is 245 cm³/mol. The molecule has 0 radical (unpaired) electrons. The zero-order chi connectivity index (χ0) is 51.3. The Morgan fingerprint density at radius 2 is 1.03 bits per heavy atom. The van der Waals surface area contributed by atoms with E-state index >= 15 is 0 Å². The number of rotatable bonds is 18. The van der Waals surface area contributed by atoms with Crippen molar-refractivity contribution in [1.82, 2.24) is 38.3 Å². The van der Waals surface area contributed by atoms with Crippen molar-refractivity contribution < 1.29 is 72.2 Å². The lowest BCUT2D eigenvalue weighted by atomic mass is 9.88. The summed E-state index contributed by atoms with van der Waals surface area (Å²) in [5.41, 5.74) is -1.82. The molecule has 2 aliphatic heterocycles. The summed E-state index contributed by atoms with van der Waals surface area (Å²) in [4.78, 5) is 23.8. The summed E-state index contributed by atoms with van der Waals surface area (Å²) in [6, 6.07) is 0. The minimum absolute atomic E-state index is 0. The molecule has 0 spiro atoms. The van der Waals surface area contributed by atoms with Gasteiger partial charge in [-0.2, -0.15) is 18.5 Å². The smallest absolute Gasteiger partial charge is 0.394 e. The Hall–Kier alpha value is -3.69. The first-order valence-corrected chi connectivity index (χ1v) is 23.3. The Balaban J connectivity index is 0.00000109. The normalized spacial score (nSPS) is 20.5. The lowest BCUT2D eigenvalue weighted by Gasteiger charge is -2.35. The van der Waals surface area contributed by atoms with E-state index in [9.17, 15) is 25.6 Å². The SMILES string of the molecule is C.CC(C)(C)NC[C@@H](COc1nsnc1OCC1CC(C)(C)N(O)C1(C)C)O[N+](=O)[O-].CC(C)(C)NC[C@H](O)COc1nsnc1OCC1CC(C)(C)N(O)C1(C)C.O=S(=O)(O)O.O=[N+]([O-])O. The van der Waals surface area contributed by atoms with Crippen molar-refractivity contribution in [3.05, 3.63) is 20.2 Å². The van der Waals surface area contributed by atoms with E-state index in [1.54, 1.807) is 0 Å². The van der Waals surface area contributed by atoms with Crippen LogP contribution in [-0.2, 0) is 15.2 Å². The van der Waals surface area contributed by atoms with Gasteiger partial charge in [-0.25, -0.2) is 0 Å². The molecule has 2 aromatic heterocycles. The number of hydrogen-bond acceptors (Lipinski definition) is 24. The van der Waals surface area contributed by atoms with E-state index in [2.05, 4.69) is 28.1 Å². The molecule has 4 rings (SSSR count). The van der Waals surface area contributed by atoms with Gasteiger partial charge in [-0.3, -0.25) is 9.11 Å². The molecule has 0 bridgehead atoms. The maximum absolute atomic E-state index is 10.8. The predicted octanol–water partition coefficient (Wildman–Crippen LogP) is 4.48. The van der Waals surface area contributed by atoms with E-state index in [1.165, 1.54) is 10.1 Å². The summed E-state index contributed by atoms with van der Waals surface area (Å²) in [6.45, 7) is 29.3. The van der Waals surface area contributed by atoms with Crippen molar-refractivity contribution in [2.45, 2.75) is 163 Å². The Morgan fingerprint density at radius 1 is 0.716 bits per heavy atom. The van der Waals surface area contributed by atoms with Crippen LogP contribution < -0.4 is 29.6 Å². The Morgan fingerprint density at radius 3 is 1.33 bits per heavy atom. The van der Waals surface area contributed by atoms with Crippen molar-refractivity contribution in [3.63, 3.8) is 0 Å². The van der Waals surface area contributed by atoms with Crippen LogP contribution in [0.2, 0.25) is 0 Å². The van der Waals surface area contributed by atoms with Gasteiger partial charge in [-0.15, -0.1) is 37.7 Å². The fourth-order valence-corrected chi connectivity index (χ4v) is 7.77. The van der Waals surface area contributed by atoms with Crippen LogP contribution in [-0.4, -0.2) is 161 Å². The van der Waals surface area contributed by atoms with Crippen LogP contribution in [0.25, 0.3) is 0 Å². The van der Waals surface area contributed by atoms with Crippen LogP contribution in [0.1, 0.15) is 117 Å². The molecular formula is C37H74N10O17S3. The van der Waals surface area contributed by atoms with E-state index < -0.39 is 43.9 Å². The summed E-state index contributed by atoms with van der Waals surface area (Å²) >= 11 is 1.94. The molecule has 0 amide bonds. The molecule has 2 unspecified atom stereocenters. The van der Waals surface area contributed by atoms with Gasteiger partial charge in [0.2, 0.25) is 0 Å². The number of ether oxygens (including phenoxy) is 4. The van der Waals surface area contributed by atoms with Gasteiger partial charge in [-0.05, 0) is 110 Å². The molecule has 8 N–H and O–H groups in total. The Kier molecular flexibility index (Phi) is 24.4. The summed E-state index contributed by atoms with van der Waals surface area (Å²) in [7, 11) is -4.67. The summed E-state index contributed by atoms with van der Waals surface area (Å²) in [5, 5.41) is 63.7. The maximum atomic E-state index is 10.8.